The Morgan fingerprint density at radius 2 is 2.13 bits per heavy atom. The summed E-state index contributed by atoms with van der Waals surface area (Å²) < 4.78 is 6.39. The Morgan fingerprint density at radius 1 is 1.27 bits per heavy atom. The minimum atomic E-state index is 0.0442. The number of ether oxygens (including phenoxy) is 1. The van der Waals surface area contributed by atoms with Crippen molar-refractivity contribution in [3.8, 4) is 5.75 Å². The number of anilines is 1. The molecule has 0 unspecified atom stereocenters. The van der Waals surface area contributed by atoms with Crippen molar-refractivity contribution >= 4 is 54.4 Å². The van der Waals surface area contributed by atoms with Crippen LogP contribution in [0.5, 0.6) is 5.75 Å². The largest absolute Gasteiger partial charge is 0.497 e. The van der Waals surface area contributed by atoms with Gasteiger partial charge in [0.15, 0.2) is 10.3 Å². The van der Waals surface area contributed by atoms with Crippen LogP contribution < -0.4 is 10.1 Å². The number of hydrogen-bond donors (Lipinski definition) is 1. The Bertz CT molecular complexity index is 1110. The first-order valence-electron chi connectivity index (χ1n) is 10.0. The fourth-order valence-corrected chi connectivity index (χ4v) is 5.78. The second kappa shape index (κ2) is 8.28. The van der Waals surface area contributed by atoms with Gasteiger partial charge in [-0.25, -0.2) is 9.98 Å². The van der Waals surface area contributed by atoms with Crippen LogP contribution in [0.25, 0.3) is 10.2 Å². The predicted molar refractivity (Wildman–Crippen MR) is 124 cm³/mol. The number of thiazole rings is 1. The summed E-state index contributed by atoms with van der Waals surface area (Å²) in [4.78, 5) is 23.5. The van der Waals surface area contributed by atoms with E-state index in [-0.39, 0.29) is 11.2 Å². The standard InChI is InChI=1S/C22H22N4O2S2/c1-28-16-8-9-17-19(13-16)29-21(25-17)23-11-10-14-4-6-15(7-5-14)24-22-26-12-2-3-18(26)20(27)30-22/h4-9,13,18H,2-3,10-12H2,1H3,(H,23,25)/t18-/m0/s1. The van der Waals surface area contributed by atoms with E-state index in [0.717, 1.165) is 64.3 Å². The van der Waals surface area contributed by atoms with E-state index in [1.165, 1.54) is 17.3 Å². The van der Waals surface area contributed by atoms with E-state index >= 15 is 0 Å². The minimum Gasteiger partial charge on any atom is -0.497 e. The van der Waals surface area contributed by atoms with E-state index in [0.29, 0.717) is 0 Å². The molecule has 2 aliphatic rings. The van der Waals surface area contributed by atoms with Crippen molar-refractivity contribution in [1.82, 2.24) is 9.88 Å². The zero-order chi connectivity index (χ0) is 20.5. The van der Waals surface area contributed by atoms with E-state index < -0.39 is 0 Å². The molecule has 0 bridgehead atoms. The average molecular weight is 439 g/mol. The number of aliphatic imine (C=N–C) groups is 1. The van der Waals surface area contributed by atoms with Gasteiger partial charge in [0.25, 0.3) is 0 Å². The van der Waals surface area contributed by atoms with Gasteiger partial charge in [-0.1, -0.05) is 23.5 Å². The summed E-state index contributed by atoms with van der Waals surface area (Å²) in [6, 6.07) is 14.2. The van der Waals surface area contributed by atoms with Gasteiger partial charge in [-0.05, 0) is 66.9 Å². The molecular weight excluding hydrogens is 416 g/mol. The van der Waals surface area contributed by atoms with Gasteiger partial charge in [-0.15, -0.1) is 0 Å². The molecule has 0 radical (unpaired) electrons. The number of amidine groups is 1. The molecule has 0 saturated carbocycles. The van der Waals surface area contributed by atoms with Crippen molar-refractivity contribution in [2.24, 2.45) is 4.99 Å². The summed E-state index contributed by atoms with van der Waals surface area (Å²) in [5.74, 6) is 0.849. The van der Waals surface area contributed by atoms with Crippen molar-refractivity contribution in [3.63, 3.8) is 0 Å². The lowest BCUT2D eigenvalue weighted by molar-refractivity contribution is -0.113. The summed E-state index contributed by atoms with van der Waals surface area (Å²) in [7, 11) is 1.67. The molecule has 2 saturated heterocycles. The molecule has 30 heavy (non-hydrogen) atoms. The van der Waals surface area contributed by atoms with Crippen LogP contribution in [0.2, 0.25) is 0 Å². The third-order valence-corrected chi connectivity index (χ3v) is 7.37. The number of fused-ring (bicyclic) bond motifs is 2. The number of benzene rings is 2. The molecule has 1 atom stereocenters. The molecule has 8 heteroatoms. The van der Waals surface area contributed by atoms with Crippen LogP contribution in [0.1, 0.15) is 18.4 Å². The van der Waals surface area contributed by atoms with Crippen LogP contribution in [0.4, 0.5) is 10.8 Å². The van der Waals surface area contributed by atoms with Gasteiger partial charge < -0.3 is 15.0 Å². The van der Waals surface area contributed by atoms with Crippen molar-refractivity contribution in [2.45, 2.75) is 25.3 Å². The third kappa shape index (κ3) is 3.89. The molecule has 5 rings (SSSR count). The molecule has 2 aliphatic heterocycles. The van der Waals surface area contributed by atoms with Gasteiger partial charge in [0.1, 0.15) is 11.8 Å². The van der Waals surface area contributed by atoms with Crippen LogP contribution in [0, 0.1) is 0 Å². The zero-order valence-corrected chi connectivity index (χ0v) is 18.3. The lowest BCUT2D eigenvalue weighted by Gasteiger charge is -2.14. The minimum absolute atomic E-state index is 0.0442. The molecule has 6 nitrogen and oxygen atoms in total. The normalized spacial score (nSPS) is 19.6. The number of methoxy groups -OCH3 is 1. The molecule has 0 amide bonds. The molecular formula is C22H22N4O2S2. The van der Waals surface area contributed by atoms with E-state index in [4.69, 9.17) is 9.73 Å². The quantitative estimate of drug-likeness (QED) is 0.603. The second-order valence-corrected chi connectivity index (χ2v) is 9.37. The van der Waals surface area contributed by atoms with Crippen LogP contribution in [0.3, 0.4) is 0 Å². The van der Waals surface area contributed by atoms with Crippen molar-refractivity contribution in [3.05, 3.63) is 48.0 Å². The molecule has 3 heterocycles. The molecule has 2 aromatic carbocycles. The Hall–Kier alpha value is -2.58. The first kappa shape index (κ1) is 19.4. The van der Waals surface area contributed by atoms with Crippen molar-refractivity contribution in [2.75, 3.05) is 25.5 Å². The molecule has 1 aromatic heterocycles. The van der Waals surface area contributed by atoms with Gasteiger partial charge in [0.2, 0.25) is 5.12 Å². The van der Waals surface area contributed by atoms with Crippen molar-refractivity contribution in [1.29, 1.82) is 0 Å². The highest BCUT2D eigenvalue weighted by Gasteiger charge is 2.40. The SMILES string of the molecule is COc1ccc2nc(NCCc3ccc(N=C4SC(=O)[C@@H]5CCCN45)cc3)sc2c1. The number of nitrogens with zero attached hydrogens (tertiary/aromatic N) is 3. The number of aromatic nitrogens is 1. The number of thioether (sulfide) groups is 1. The maximum atomic E-state index is 12.1. The third-order valence-electron chi connectivity index (χ3n) is 5.41. The van der Waals surface area contributed by atoms with Crippen molar-refractivity contribution < 1.29 is 9.53 Å². The van der Waals surface area contributed by atoms with Gasteiger partial charge in [0.05, 0.1) is 23.0 Å². The summed E-state index contributed by atoms with van der Waals surface area (Å²) in [6.45, 7) is 1.75. The van der Waals surface area contributed by atoms with Gasteiger partial charge >= 0.3 is 0 Å². The number of carbonyl (C=O) groups is 1. The molecule has 1 N–H and O–H groups in total. The summed E-state index contributed by atoms with van der Waals surface area (Å²) in [6.07, 6.45) is 2.93. The van der Waals surface area contributed by atoms with Crippen LogP contribution in [0.15, 0.2) is 47.5 Å². The number of nitrogens with one attached hydrogen (secondary N) is 1. The van der Waals surface area contributed by atoms with Gasteiger partial charge in [-0.2, -0.15) is 0 Å². The molecule has 2 fully saturated rings. The smallest absolute Gasteiger partial charge is 0.219 e. The van der Waals surface area contributed by atoms with Crippen LogP contribution in [-0.2, 0) is 11.2 Å². The average Bonchev–Trinajstić information content (AvgIpc) is 3.46. The van der Waals surface area contributed by atoms with Gasteiger partial charge in [-0.3, -0.25) is 4.79 Å². The number of hydrogen-bond acceptors (Lipinski definition) is 7. The predicted octanol–water partition coefficient (Wildman–Crippen LogP) is 4.68. The van der Waals surface area contributed by atoms with E-state index in [1.807, 2.05) is 30.3 Å². The van der Waals surface area contributed by atoms with Gasteiger partial charge in [0, 0.05) is 13.1 Å². The number of rotatable bonds is 6. The first-order chi connectivity index (χ1) is 14.7. The highest BCUT2D eigenvalue weighted by molar-refractivity contribution is 8.26. The summed E-state index contributed by atoms with van der Waals surface area (Å²) in [5, 5.41) is 5.43. The molecule has 154 valence electrons. The Balaban J connectivity index is 1.19. The molecule has 3 aromatic rings. The highest BCUT2D eigenvalue weighted by atomic mass is 32.2. The van der Waals surface area contributed by atoms with E-state index in [9.17, 15) is 4.79 Å². The Labute approximate surface area is 183 Å². The number of carbonyl (C=O) groups excluding carboxylic acids is 1. The zero-order valence-electron chi connectivity index (χ0n) is 16.6. The maximum absolute atomic E-state index is 12.1. The van der Waals surface area contributed by atoms with E-state index in [2.05, 4.69) is 27.3 Å². The fraction of sp³-hybridized carbons (Fsp3) is 0.318. The summed E-state index contributed by atoms with van der Waals surface area (Å²) in [5.41, 5.74) is 3.12. The lowest BCUT2D eigenvalue weighted by atomic mass is 10.1. The monoisotopic (exact) mass is 438 g/mol. The van der Waals surface area contributed by atoms with E-state index in [1.54, 1.807) is 18.4 Å². The second-order valence-electron chi connectivity index (χ2n) is 7.36. The maximum Gasteiger partial charge on any atom is 0.219 e. The molecule has 0 aliphatic carbocycles. The van der Waals surface area contributed by atoms with Crippen LogP contribution >= 0.6 is 23.1 Å². The molecule has 0 spiro atoms. The topological polar surface area (TPSA) is 66.8 Å². The Morgan fingerprint density at radius 3 is 2.97 bits per heavy atom. The Kier molecular flexibility index (Phi) is 5.35. The van der Waals surface area contributed by atoms with Crippen LogP contribution in [-0.4, -0.2) is 46.4 Å². The first-order valence-corrected chi connectivity index (χ1v) is 11.7. The highest BCUT2D eigenvalue weighted by Crippen LogP contribution is 2.35. The summed E-state index contributed by atoms with van der Waals surface area (Å²) >= 11 is 2.92. The lowest BCUT2D eigenvalue weighted by Crippen LogP contribution is -2.28. The fourth-order valence-electron chi connectivity index (χ4n) is 3.81.